The van der Waals surface area contributed by atoms with E-state index in [-0.39, 0.29) is 0 Å². The van der Waals surface area contributed by atoms with Crippen molar-refractivity contribution in [3.05, 3.63) is 259 Å². The lowest BCUT2D eigenvalue weighted by atomic mass is 9.66. The highest BCUT2D eigenvalue weighted by molar-refractivity contribution is 7.19. The molecule has 1 spiro atoms. The maximum absolute atomic E-state index is 6.90. The Labute approximate surface area is 367 Å². The lowest BCUT2D eigenvalue weighted by molar-refractivity contribution is 0.436. The predicted octanol–water partition coefficient (Wildman–Crippen LogP) is 10.7. The van der Waals surface area contributed by atoms with Crippen molar-refractivity contribution in [3.63, 3.8) is 0 Å². The van der Waals surface area contributed by atoms with E-state index in [1.54, 1.807) is 0 Å². The number of rotatable bonds is 7. The van der Waals surface area contributed by atoms with Crippen molar-refractivity contribution >= 4 is 28.8 Å². The fraction of sp³-hybridized carbons (Fsp3) is 0.0172. The Bertz CT molecular complexity index is 3180. The van der Waals surface area contributed by atoms with Gasteiger partial charge in [0.1, 0.15) is 11.5 Å². The molecule has 1 aromatic heterocycles. The number of ether oxygens (including phenoxy) is 1. The van der Waals surface area contributed by atoms with Crippen LogP contribution >= 0.6 is 0 Å². The molecule has 10 aromatic rings. The van der Waals surface area contributed by atoms with Crippen LogP contribution in [0.25, 0.3) is 45.3 Å². The zero-order chi connectivity index (χ0) is 41.8. The Morgan fingerprint density at radius 2 is 0.714 bits per heavy atom. The van der Waals surface area contributed by atoms with Crippen LogP contribution in [0.2, 0.25) is 0 Å². The average Bonchev–Trinajstić information content (AvgIpc) is 3.66. The monoisotopic (exact) mass is 821 g/mol. The van der Waals surface area contributed by atoms with E-state index in [1.165, 1.54) is 43.0 Å². The molecule has 12 rings (SSSR count). The molecule has 0 N–H and O–H groups in total. The van der Waals surface area contributed by atoms with Gasteiger partial charge in [0.2, 0.25) is 0 Å². The summed E-state index contributed by atoms with van der Waals surface area (Å²) in [4.78, 5) is 15.8. The summed E-state index contributed by atoms with van der Waals surface area (Å²) in [6.07, 6.45) is 0. The Balaban J connectivity index is 1.06. The summed E-state index contributed by atoms with van der Waals surface area (Å²) >= 11 is 0. The first-order chi connectivity index (χ1) is 31.2. The van der Waals surface area contributed by atoms with Crippen molar-refractivity contribution in [2.24, 2.45) is 0 Å². The highest BCUT2D eigenvalue weighted by atomic mass is 28.3. The standard InChI is InChI=1S/C58H39N3OSi/c1-5-20-40(21-6-1)55-59-56(41-22-19-29-46(38-41)63(43-23-7-2-8-24-43,44-25-9-3-10-26-44)45-27-11-4-12-28-45)61-57(60-55)42-36-37-52-54(39-42)62-53-35-18-17-34-51(53)58(52)49-32-15-13-30-47(49)48-31-14-16-33-50(48)58/h1-39H. The maximum atomic E-state index is 6.90. The first kappa shape index (κ1) is 36.8. The van der Waals surface area contributed by atoms with E-state index in [4.69, 9.17) is 19.7 Å². The van der Waals surface area contributed by atoms with Gasteiger partial charge >= 0.3 is 0 Å². The predicted molar refractivity (Wildman–Crippen MR) is 257 cm³/mol. The summed E-state index contributed by atoms with van der Waals surface area (Å²) in [6.45, 7) is 0. The quantitative estimate of drug-likeness (QED) is 0.119. The third kappa shape index (κ3) is 5.71. The summed E-state index contributed by atoms with van der Waals surface area (Å²) in [7, 11) is -2.82. The van der Waals surface area contributed by atoms with Gasteiger partial charge in [0.25, 0.3) is 0 Å². The van der Waals surface area contributed by atoms with Gasteiger partial charge in [-0.3, -0.25) is 0 Å². The van der Waals surface area contributed by atoms with E-state index in [0.717, 1.165) is 39.3 Å². The van der Waals surface area contributed by atoms with Crippen LogP contribution in [0.1, 0.15) is 22.3 Å². The largest absolute Gasteiger partial charge is 0.457 e. The number of fused-ring (bicyclic) bond motifs is 9. The second-order valence-corrected chi connectivity index (χ2v) is 20.1. The van der Waals surface area contributed by atoms with E-state index < -0.39 is 13.5 Å². The SMILES string of the molecule is c1ccc(-c2nc(-c3cccc([Si](c4ccccc4)(c4ccccc4)c4ccccc4)c3)nc(-c3ccc4c(c3)Oc3ccccc3C43c4ccccc4-c4ccccc43)n2)cc1. The zero-order valence-electron chi connectivity index (χ0n) is 34.3. The highest BCUT2D eigenvalue weighted by Gasteiger charge is 2.51. The minimum absolute atomic E-state index is 0.553. The molecule has 2 heterocycles. The molecule has 5 heteroatoms. The Hall–Kier alpha value is -7.99. The second kappa shape index (κ2) is 14.9. The number of hydrogen-bond donors (Lipinski definition) is 0. The fourth-order valence-electron chi connectivity index (χ4n) is 10.3. The normalized spacial score (nSPS) is 13.0. The molecule has 0 unspecified atom stereocenters. The molecule has 296 valence electrons. The molecule has 2 aliphatic rings. The summed E-state index contributed by atoms with van der Waals surface area (Å²) in [6, 6.07) is 84.6. The van der Waals surface area contributed by atoms with Gasteiger partial charge in [-0.15, -0.1) is 0 Å². The molecule has 0 fully saturated rings. The molecule has 0 amide bonds. The number of aromatic nitrogens is 3. The molecule has 0 saturated heterocycles. The van der Waals surface area contributed by atoms with Gasteiger partial charge in [-0.25, -0.2) is 15.0 Å². The summed E-state index contributed by atoms with van der Waals surface area (Å²) in [5.74, 6) is 3.42. The molecule has 1 aliphatic heterocycles. The van der Waals surface area contributed by atoms with E-state index in [9.17, 15) is 0 Å². The Kier molecular flexibility index (Phi) is 8.69. The van der Waals surface area contributed by atoms with Crippen LogP contribution in [-0.2, 0) is 5.41 Å². The van der Waals surface area contributed by atoms with E-state index >= 15 is 0 Å². The molecule has 0 radical (unpaired) electrons. The van der Waals surface area contributed by atoms with Crippen LogP contribution in [-0.4, -0.2) is 23.0 Å². The molecular weight excluding hydrogens is 783 g/mol. The highest BCUT2D eigenvalue weighted by Crippen LogP contribution is 2.62. The van der Waals surface area contributed by atoms with Crippen LogP contribution in [0.5, 0.6) is 11.5 Å². The van der Waals surface area contributed by atoms with Gasteiger partial charge in [0, 0.05) is 27.8 Å². The minimum Gasteiger partial charge on any atom is -0.457 e. The zero-order valence-corrected chi connectivity index (χ0v) is 35.3. The van der Waals surface area contributed by atoms with Gasteiger partial charge in [-0.2, -0.15) is 0 Å². The maximum Gasteiger partial charge on any atom is 0.179 e. The smallest absolute Gasteiger partial charge is 0.179 e. The number of para-hydroxylation sites is 1. The van der Waals surface area contributed by atoms with Crippen molar-refractivity contribution in [2.75, 3.05) is 0 Å². The lowest BCUT2D eigenvalue weighted by Gasteiger charge is -2.39. The van der Waals surface area contributed by atoms with E-state index in [0.29, 0.717) is 17.5 Å². The first-order valence-corrected chi connectivity index (χ1v) is 23.4. The van der Waals surface area contributed by atoms with Crippen molar-refractivity contribution < 1.29 is 4.74 Å². The molecule has 9 aromatic carbocycles. The molecular formula is C58H39N3OSi. The summed E-state index contributed by atoms with van der Waals surface area (Å²) in [5.41, 5.74) is 9.37. The molecule has 0 atom stereocenters. The van der Waals surface area contributed by atoms with Gasteiger partial charge < -0.3 is 4.74 Å². The molecule has 0 saturated carbocycles. The lowest BCUT2D eigenvalue weighted by Crippen LogP contribution is -2.74. The summed E-state index contributed by atoms with van der Waals surface area (Å²) < 4.78 is 6.90. The van der Waals surface area contributed by atoms with Gasteiger partial charge in [-0.05, 0) is 55.1 Å². The number of benzene rings is 9. The Morgan fingerprint density at radius 3 is 1.29 bits per heavy atom. The van der Waals surface area contributed by atoms with Gasteiger partial charge in [0.05, 0.1) is 5.41 Å². The van der Waals surface area contributed by atoms with Crippen LogP contribution in [0, 0.1) is 0 Å². The van der Waals surface area contributed by atoms with E-state index in [1.807, 2.05) is 18.2 Å². The van der Waals surface area contributed by atoms with Crippen LogP contribution in [0.15, 0.2) is 237 Å². The molecule has 1 aliphatic carbocycles. The van der Waals surface area contributed by atoms with Crippen LogP contribution in [0.3, 0.4) is 0 Å². The average molecular weight is 822 g/mol. The van der Waals surface area contributed by atoms with Crippen molar-refractivity contribution in [3.8, 4) is 56.8 Å². The van der Waals surface area contributed by atoms with E-state index in [2.05, 4.69) is 218 Å². The van der Waals surface area contributed by atoms with Crippen LogP contribution in [0.4, 0.5) is 0 Å². The first-order valence-electron chi connectivity index (χ1n) is 21.4. The van der Waals surface area contributed by atoms with Gasteiger partial charge in [0.15, 0.2) is 25.5 Å². The molecule has 63 heavy (non-hydrogen) atoms. The summed E-state index contributed by atoms with van der Waals surface area (Å²) in [5, 5.41) is 5.17. The third-order valence-corrected chi connectivity index (χ3v) is 17.7. The Morgan fingerprint density at radius 1 is 0.302 bits per heavy atom. The van der Waals surface area contributed by atoms with Crippen molar-refractivity contribution in [1.29, 1.82) is 0 Å². The number of hydrogen-bond acceptors (Lipinski definition) is 4. The topological polar surface area (TPSA) is 47.9 Å². The third-order valence-electron chi connectivity index (χ3n) is 12.9. The van der Waals surface area contributed by atoms with Crippen molar-refractivity contribution in [1.82, 2.24) is 15.0 Å². The second-order valence-electron chi connectivity index (χ2n) is 16.3. The molecule has 0 bridgehead atoms. The molecule has 4 nitrogen and oxygen atoms in total. The minimum atomic E-state index is -2.82. The fourth-order valence-corrected chi connectivity index (χ4v) is 15.1. The van der Waals surface area contributed by atoms with Crippen LogP contribution < -0.4 is 25.5 Å². The van der Waals surface area contributed by atoms with Crippen molar-refractivity contribution in [2.45, 2.75) is 5.41 Å². The van der Waals surface area contributed by atoms with Gasteiger partial charge in [-0.1, -0.05) is 224 Å². The number of nitrogens with zero attached hydrogens (tertiary/aromatic N) is 3.